The number of Topliss-reactive ketones (excluding diaryl/α,β-unsaturated/α-hetero) is 2. The molecule has 1 aromatic carbocycles. The number of benzene rings is 1. The van der Waals surface area contributed by atoms with Crippen molar-refractivity contribution in [2.24, 2.45) is 39.5 Å². The van der Waals surface area contributed by atoms with Crippen LogP contribution >= 0.6 is 11.8 Å². The van der Waals surface area contributed by atoms with Crippen LogP contribution in [0.4, 0.5) is 5.69 Å². The Kier molecular flexibility index (Phi) is 3.83. The maximum absolute atomic E-state index is 13.1. The highest BCUT2D eigenvalue weighted by Gasteiger charge is 2.63. The zero-order valence-corrected chi connectivity index (χ0v) is 18.1. The van der Waals surface area contributed by atoms with Crippen LogP contribution in [0.5, 0.6) is 0 Å². The molecule has 1 aromatic rings. The lowest BCUT2D eigenvalue weighted by atomic mass is 9.44. The summed E-state index contributed by atoms with van der Waals surface area (Å²) in [5.41, 5.74) is 2.30. The smallest absolute Gasteiger partial charge is 0.146 e. The van der Waals surface area contributed by atoms with Crippen molar-refractivity contribution >= 4 is 34.7 Å². The maximum Gasteiger partial charge on any atom is 0.146 e. The molecule has 1 aliphatic heterocycles. The van der Waals surface area contributed by atoms with Gasteiger partial charge in [0, 0.05) is 34.8 Å². The van der Waals surface area contributed by atoms with Gasteiger partial charge in [-0.15, -0.1) is 11.8 Å². The first-order chi connectivity index (χ1) is 13.9. The average molecular weight is 408 g/mol. The third kappa shape index (κ3) is 2.35. The molecular formula is C25H29NO2S. The molecular weight excluding hydrogens is 378 g/mol. The van der Waals surface area contributed by atoms with E-state index in [1.807, 2.05) is 0 Å². The van der Waals surface area contributed by atoms with E-state index in [4.69, 9.17) is 4.99 Å². The van der Waals surface area contributed by atoms with Gasteiger partial charge >= 0.3 is 0 Å². The van der Waals surface area contributed by atoms with E-state index >= 15 is 0 Å². The fourth-order valence-electron chi connectivity index (χ4n) is 7.91. The zero-order chi connectivity index (χ0) is 20.0. The third-order valence-electron chi connectivity index (χ3n) is 9.42. The lowest BCUT2D eigenvalue weighted by Gasteiger charge is -2.60. The number of carbonyl (C=O) groups excluding carboxylic acids is 2. The van der Waals surface area contributed by atoms with Crippen molar-refractivity contribution in [3.8, 4) is 0 Å². The number of aliphatic imine (C=N–C) groups is 1. The Morgan fingerprint density at radius 1 is 1.03 bits per heavy atom. The summed E-state index contributed by atoms with van der Waals surface area (Å²) in [5, 5.41) is 0.00983. The highest BCUT2D eigenvalue weighted by molar-refractivity contribution is 8.00. The molecule has 0 spiro atoms. The highest BCUT2D eigenvalue weighted by atomic mass is 32.2. The number of hydrogen-bond acceptors (Lipinski definition) is 4. The van der Waals surface area contributed by atoms with Crippen molar-refractivity contribution in [1.29, 1.82) is 0 Å². The van der Waals surface area contributed by atoms with Gasteiger partial charge in [-0.3, -0.25) is 14.6 Å². The summed E-state index contributed by atoms with van der Waals surface area (Å²) in [6.45, 7) is 4.70. The predicted molar refractivity (Wildman–Crippen MR) is 116 cm³/mol. The van der Waals surface area contributed by atoms with E-state index in [1.54, 1.807) is 11.8 Å². The molecule has 0 radical (unpaired) electrons. The summed E-state index contributed by atoms with van der Waals surface area (Å²) < 4.78 is 0. The van der Waals surface area contributed by atoms with Gasteiger partial charge in [0.05, 0.1) is 10.9 Å². The highest BCUT2D eigenvalue weighted by Crippen LogP contribution is 2.66. The van der Waals surface area contributed by atoms with Crippen LogP contribution in [0.3, 0.4) is 0 Å². The molecule has 3 nitrogen and oxygen atoms in total. The van der Waals surface area contributed by atoms with Crippen LogP contribution in [0, 0.1) is 34.5 Å². The second kappa shape index (κ2) is 6.06. The number of rotatable bonds is 0. The molecule has 0 saturated heterocycles. The van der Waals surface area contributed by atoms with Gasteiger partial charge in [-0.25, -0.2) is 0 Å². The van der Waals surface area contributed by atoms with Gasteiger partial charge in [-0.05, 0) is 67.4 Å². The Hall–Kier alpha value is -1.42. The van der Waals surface area contributed by atoms with Crippen LogP contribution < -0.4 is 0 Å². The first-order valence-electron chi connectivity index (χ1n) is 11.3. The van der Waals surface area contributed by atoms with Crippen LogP contribution in [-0.4, -0.2) is 22.5 Å². The maximum atomic E-state index is 13.1. The molecule has 6 rings (SSSR count). The van der Waals surface area contributed by atoms with Gasteiger partial charge in [0.15, 0.2) is 0 Å². The van der Waals surface area contributed by atoms with E-state index in [9.17, 15) is 9.59 Å². The third-order valence-corrected chi connectivity index (χ3v) is 10.8. The molecule has 4 fully saturated rings. The van der Waals surface area contributed by atoms with Crippen molar-refractivity contribution in [3.05, 3.63) is 24.3 Å². The SMILES string of the molecule is CC12CCC3C(CC4=Nc5ccccc5SC5C(=O)CCC3(C)C45)C1CCC2=O. The van der Waals surface area contributed by atoms with Crippen molar-refractivity contribution in [2.75, 3.05) is 0 Å². The number of carbonyl (C=O) groups is 2. The van der Waals surface area contributed by atoms with Gasteiger partial charge in [0.25, 0.3) is 0 Å². The molecule has 1 heterocycles. The Balaban J connectivity index is 1.50. The molecule has 152 valence electrons. The molecule has 0 bridgehead atoms. The van der Waals surface area contributed by atoms with Gasteiger partial charge in [0.2, 0.25) is 0 Å². The zero-order valence-electron chi connectivity index (χ0n) is 17.3. The number of para-hydroxylation sites is 1. The summed E-state index contributed by atoms with van der Waals surface area (Å²) in [6.07, 6.45) is 6.67. The van der Waals surface area contributed by atoms with E-state index in [2.05, 4.69) is 38.1 Å². The van der Waals surface area contributed by atoms with Crippen LogP contribution in [0.15, 0.2) is 34.2 Å². The lowest BCUT2D eigenvalue weighted by molar-refractivity contribution is -0.135. The number of thioether (sulfide) groups is 1. The topological polar surface area (TPSA) is 46.5 Å². The molecule has 7 unspecified atom stereocenters. The summed E-state index contributed by atoms with van der Waals surface area (Å²) in [7, 11) is 0. The Bertz CT molecular complexity index is 954. The molecule has 5 aliphatic rings. The van der Waals surface area contributed by atoms with E-state index in [1.165, 1.54) is 5.71 Å². The first kappa shape index (κ1) is 18.4. The Morgan fingerprint density at radius 3 is 2.72 bits per heavy atom. The van der Waals surface area contributed by atoms with E-state index in [-0.39, 0.29) is 22.0 Å². The molecule has 4 saturated carbocycles. The normalized spacial score (nSPS) is 45.4. The summed E-state index contributed by atoms with van der Waals surface area (Å²) in [4.78, 5) is 32.2. The fraction of sp³-hybridized carbons (Fsp3) is 0.640. The number of fused-ring (bicyclic) bond motifs is 5. The minimum Gasteiger partial charge on any atom is -0.299 e. The quantitative estimate of drug-likeness (QED) is 0.559. The van der Waals surface area contributed by atoms with Crippen LogP contribution in [0.1, 0.15) is 58.8 Å². The molecule has 0 N–H and O–H groups in total. The second-order valence-corrected chi connectivity index (χ2v) is 11.7. The summed E-state index contributed by atoms with van der Waals surface area (Å²) in [6, 6.07) is 8.34. The number of hydrogen-bond donors (Lipinski definition) is 0. The first-order valence-corrected chi connectivity index (χ1v) is 12.2. The van der Waals surface area contributed by atoms with Crippen LogP contribution in [0.25, 0.3) is 0 Å². The van der Waals surface area contributed by atoms with Crippen molar-refractivity contribution < 1.29 is 9.59 Å². The molecule has 0 aromatic heterocycles. The van der Waals surface area contributed by atoms with Gasteiger partial charge < -0.3 is 0 Å². The molecule has 7 atom stereocenters. The van der Waals surface area contributed by atoms with E-state index < -0.39 is 0 Å². The lowest BCUT2D eigenvalue weighted by Crippen LogP contribution is -2.60. The number of nitrogens with zero attached hydrogens (tertiary/aromatic N) is 1. The minimum absolute atomic E-state index is 0.00983. The van der Waals surface area contributed by atoms with Gasteiger partial charge in [-0.2, -0.15) is 0 Å². The van der Waals surface area contributed by atoms with Crippen molar-refractivity contribution in [2.45, 2.75) is 68.9 Å². The molecule has 4 aliphatic carbocycles. The average Bonchev–Trinajstić information content (AvgIpc) is 2.90. The standard InChI is InChI=1S/C25H29NO2S/c1-24-11-9-16-14(15(24)7-8-21(24)28)13-18-22-23(19(27)10-12-25(16,22)2)29-20-6-4-3-5-17(20)26-18/h3-6,14-16,22-23H,7-13H2,1-2H3. The summed E-state index contributed by atoms with van der Waals surface area (Å²) in [5.74, 6) is 2.82. The molecule has 0 amide bonds. The van der Waals surface area contributed by atoms with Gasteiger partial charge in [-0.1, -0.05) is 26.0 Å². The van der Waals surface area contributed by atoms with E-state index in [0.29, 0.717) is 35.7 Å². The second-order valence-electron chi connectivity index (χ2n) is 10.6. The van der Waals surface area contributed by atoms with Crippen molar-refractivity contribution in [3.63, 3.8) is 0 Å². The van der Waals surface area contributed by atoms with Gasteiger partial charge in [0.1, 0.15) is 11.6 Å². The largest absolute Gasteiger partial charge is 0.299 e. The minimum atomic E-state index is -0.119. The van der Waals surface area contributed by atoms with Crippen LogP contribution in [0.2, 0.25) is 0 Å². The Morgan fingerprint density at radius 2 is 1.86 bits per heavy atom. The van der Waals surface area contributed by atoms with E-state index in [0.717, 1.165) is 49.1 Å². The molecule has 4 heteroatoms. The molecule has 29 heavy (non-hydrogen) atoms. The monoisotopic (exact) mass is 407 g/mol. The van der Waals surface area contributed by atoms with Crippen molar-refractivity contribution in [1.82, 2.24) is 0 Å². The Labute approximate surface area is 177 Å². The fourth-order valence-corrected chi connectivity index (χ4v) is 9.43. The van der Waals surface area contributed by atoms with Crippen LogP contribution in [-0.2, 0) is 9.59 Å². The summed E-state index contributed by atoms with van der Waals surface area (Å²) >= 11 is 1.77. The predicted octanol–water partition coefficient (Wildman–Crippen LogP) is 5.63. The number of ketones is 2.